The molecule has 2 aromatic rings. The summed E-state index contributed by atoms with van der Waals surface area (Å²) in [5.74, 6) is 0.357. The lowest BCUT2D eigenvalue weighted by atomic mass is 10.3. The molecule has 0 atom stereocenters. The maximum absolute atomic E-state index is 11.6. The number of rotatable bonds is 3. The van der Waals surface area contributed by atoms with Crippen molar-refractivity contribution in [3.05, 3.63) is 40.8 Å². The van der Waals surface area contributed by atoms with Crippen LogP contribution < -0.4 is 5.32 Å². The summed E-state index contributed by atoms with van der Waals surface area (Å²) in [5.41, 5.74) is 0.854. The zero-order valence-electron chi connectivity index (χ0n) is 8.98. The molecule has 0 fully saturated rings. The molecule has 6 nitrogen and oxygen atoms in total. The summed E-state index contributed by atoms with van der Waals surface area (Å²) in [5, 5.41) is 6.63. The molecule has 0 aliphatic heterocycles. The number of aromatic nitrogens is 3. The molecule has 0 aliphatic rings. The van der Waals surface area contributed by atoms with Gasteiger partial charge in [-0.3, -0.25) is 4.79 Å². The van der Waals surface area contributed by atoms with Crippen molar-refractivity contribution < 1.29 is 9.32 Å². The van der Waals surface area contributed by atoms with Crippen molar-refractivity contribution in [1.29, 1.82) is 0 Å². The third kappa shape index (κ3) is 3.01. The van der Waals surface area contributed by atoms with Crippen molar-refractivity contribution in [3.63, 3.8) is 0 Å². The van der Waals surface area contributed by atoms with Crippen LogP contribution in [0.15, 0.2) is 23.0 Å². The van der Waals surface area contributed by atoms with E-state index < -0.39 is 0 Å². The number of nitrogens with one attached hydrogen (secondary N) is 1. The van der Waals surface area contributed by atoms with E-state index in [0.29, 0.717) is 11.5 Å². The fourth-order valence-corrected chi connectivity index (χ4v) is 1.29. The van der Waals surface area contributed by atoms with E-state index >= 15 is 0 Å². The Kier molecular flexibility index (Phi) is 3.34. The second-order valence-electron chi connectivity index (χ2n) is 3.34. The summed E-state index contributed by atoms with van der Waals surface area (Å²) in [6.45, 7) is 2.06. The van der Waals surface area contributed by atoms with Gasteiger partial charge < -0.3 is 9.84 Å². The topological polar surface area (TPSA) is 80.9 Å². The average Bonchev–Trinajstić information content (AvgIpc) is 2.73. The molecule has 0 aromatic carbocycles. The summed E-state index contributed by atoms with van der Waals surface area (Å²) in [6, 6.07) is 1.74. The first-order valence-electron chi connectivity index (χ1n) is 4.83. The van der Waals surface area contributed by atoms with Gasteiger partial charge in [0.2, 0.25) is 0 Å². The van der Waals surface area contributed by atoms with E-state index in [0.717, 1.165) is 0 Å². The zero-order valence-corrected chi connectivity index (χ0v) is 9.73. The van der Waals surface area contributed by atoms with Gasteiger partial charge in [0.05, 0.1) is 18.9 Å². The summed E-state index contributed by atoms with van der Waals surface area (Å²) < 4.78 is 4.87. The van der Waals surface area contributed by atoms with Crippen LogP contribution in [0.4, 0.5) is 0 Å². The number of hydrogen-bond acceptors (Lipinski definition) is 5. The maximum Gasteiger partial charge on any atom is 0.271 e. The molecule has 2 heterocycles. The van der Waals surface area contributed by atoms with Gasteiger partial charge >= 0.3 is 0 Å². The third-order valence-electron chi connectivity index (χ3n) is 1.96. The van der Waals surface area contributed by atoms with E-state index in [1.54, 1.807) is 13.0 Å². The molecule has 7 heteroatoms. The Bertz CT molecular complexity index is 523. The largest absolute Gasteiger partial charge is 0.361 e. The highest BCUT2D eigenvalue weighted by Crippen LogP contribution is 2.03. The van der Waals surface area contributed by atoms with Gasteiger partial charge in [0.25, 0.3) is 5.91 Å². The van der Waals surface area contributed by atoms with Crippen molar-refractivity contribution in [2.75, 3.05) is 0 Å². The van der Waals surface area contributed by atoms with Crippen LogP contribution in [0.1, 0.15) is 21.9 Å². The molecule has 0 saturated carbocycles. The van der Waals surface area contributed by atoms with Gasteiger partial charge in [0, 0.05) is 6.07 Å². The van der Waals surface area contributed by atoms with Crippen LogP contribution >= 0.6 is 11.6 Å². The molecule has 0 spiro atoms. The Morgan fingerprint density at radius 1 is 1.47 bits per heavy atom. The fraction of sp³-hybridized carbons (Fsp3) is 0.200. The van der Waals surface area contributed by atoms with Crippen LogP contribution in [0.5, 0.6) is 0 Å². The molecule has 88 valence electrons. The molecule has 0 aliphatic carbocycles. The molecular weight excluding hydrogens is 244 g/mol. The Morgan fingerprint density at radius 2 is 2.29 bits per heavy atom. The summed E-state index contributed by atoms with van der Waals surface area (Å²) in [7, 11) is 0. The minimum absolute atomic E-state index is 0.203. The number of amides is 1. The molecule has 0 radical (unpaired) electrons. The number of carbonyl (C=O) groups is 1. The van der Waals surface area contributed by atoms with Crippen LogP contribution in [0.2, 0.25) is 5.15 Å². The quantitative estimate of drug-likeness (QED) is 0.892. The monoisotopic (exact) mass is 252 g/mol. The molecule has 0 bridgehead atoms. The summed E-state index contributed by atoms with van der Waals surface area (Å²) in [6.07, 6.45) is 2.63. The average molecular weight is 253 g/mol. The fourth-order valence-electron chi connectivity index (χ4n) is 1.19. The molecule has 17 heavy (non-hydrogen) atoms. The van der Waals surface area contributed by atoms with Crippen molar-refractivity contribution in [2.45, 2.75) is 13.5 Å². The molecule has 1 amide bonds. The SMILES string of the molecule is Cc1cc(CNC(=O)c2cnc(Cl)cn2)no1. The van der Waals surface area contributed by atoms with E-state index in [1.807, 2.05) is 0 Å². The molecule has 0 saturated heterocycles. The maximum atomic E-state index is 11.6. The van der Waals surface area contributed by atoms with Gasteiger partial charge in [0.1, 0.15) is 22.3 Å². The number of halogens is 1. The van der Waals surface area contributed by atoms with Gasteiger partial charge in [-0.25, -0.2) is 9.97 Å². The van der Waals surface area contributed by atoms with E-state index in [4.69, 9.17) is 16.1 Å². The Hall–Kier alpha value is -1.95. The molecule has 0 unspecified atom stereocenters. The Labute approximate surface area is 102 Å². The number of hydrogen-bond donors (Lipinski definition) is 1. The molecule has 2 rings (SSSR count). The molecular formula is C10H9ClN4O2. The lowest BCUT2D eigenvalue weighted by Crippen LogP contribution is -2.24. The lowest BCUT2D eigenvalue weighted by Gasteiger charge is -2.01. The van der Waals surface area contributed by atoms with Gasteiger partial charge in [-0.15, -0.1) is 0 Å². The molecule has 1 N–H and O–H groups in total. The van der Waals surface area contributed by atoms with Crippen LogP contribution in [0, 0.1) is 6.92 Å². The van der Waals surface area contributed by atoms with Crippen LogP contribution in [-0.2, 0) is 6.54 Å². The van der Waals surface area contributed by atoms with Gasteiger partial charge in [-0.2, -0.15) is 0 Å². The van der Waals surface area contributed by atoms with E-state index in [-0.39, 0.29) is 23.3 Å². The van der Waals surface area contributed by atoms with Gasteiger partial charge in [0.15, 0.2) is 0 Å². The summed E-state index contributed by atoms with van der Waals surface area (Å²) >= 11 is 5.56. The number of carbonyl (C=O) groups excluding carboxylic acids is 1. The van der Waals surface area contributed by atoms with Crippen LogP contribution in [-0.4, -0.2) is 21.0 Å². The van der Waals surface area contributed by atoms with Crippen LogP contribution in [0.25, 0.3) is 0 Å². The van der Waals surface area contributed by atoms with Crippen molar-refractivity contribution >= 4 is 17.5 Å². The highest BCUT2D eigenvalue weighted by molar-refractivity contribution is 6.29. The Morgan fingerprint density at radius 3 is 2.88 bits per heavy atom. The number of aryl methyl sites for hydroxylation is 1. The zero-order chi connectivity index (χ0) is 12.3. The smallest absolute Gasteiger partial charge is 0.271 e. The van der Waals surface area contributed by atoms with Crippen molar-refractivity contribution in [2.24, 2.45) is 0 Å². The van der Waals surface area contributed by atoms with Crippen LogP contribution in [0.3, 0.4) is 0 Å². The predicted octanol–water partition coefficient (Wildman–Crippen LogP) is 1.36. The minimum atomic E-state index is -0.338. The summed E-state index contributed by atoms with van der Waals surface area (Å²) in [4.78, 5) is 19.2. The second-order valence-corrected chi connectivity index (χ2v) is 3.72. The van der Waals surface area contributed by atoms with Gasteiger partial charge in [-0.05, 0) is 6.92 Å². The second kappa shape index (κ2) is 4.92. The minimum Gasteiger partial charge on any atom is -0.361 e. The lowest BCUT2D eigenvalue weighted by molar-refractivity contribution is 0.0944. The first-order valence-corrected chi connectivity index (χ1v) is 5.21. The van der Waals surface area contributed by atoms with E-state index in [2.05, 4.69) is 20.4 Å². The van der Waals surface area contributed by atoms with Crippen molar-refractivity contribution in [1.82, 2.24) is 20.4 Å². The van der Waals surface area contributed by atoms with E-state index in [9.17, 15) is 4.79 Å². The Balaban J connectivity index is 1.95. The highest BCUT2D eigenvalue weighted by Gasteiger charge is 2.08. The highest BCUT2D eigenvalue weighted by atomic mass is 35.5. The normalized spacial score (nSPS) is 10.2. The standard InChI is InChI=1S/C10H9ClN4O2/c1-6-2-7(15-17-6)3-14-10(16)8-4-13-9(11)5-12-8/h2,4-5H,3H2,1H3,(H,14,16). The molecule has 2 aromatic heterocycles. The third-order valence-corrected chi connectivity index (χ3v) is 2.15. The van der Waals surface area contributed by atoms with E-state index in [1.165, 1.54) is 12.4 Å². The van der Waals surface area contributed by atoms with Crippen molar-refractivity contribution in [3.8, 4) is 0 Å². The number of nitrogens with zero attached hydrogens (tertiary/aromatic N) is 3. The predicted molar refractivity (Wildman–Crippen MR) is 59.5 cm³/mol. The van der Waals surface area contributed by atoms with Gasteiger partial charge in [-0.1, -0.05) is 16.8 Å². The first kappa shape index (κ1) is 11.5. The first-order chi connectivity index (χ1) is 8.15.